The average molecular weight is 262 g/mol. The molecule has 0 bridgehead atoms. The van der Waals surface area contributed by atoms with Gasteiger partial charge in [-0.1, -0.05) is 0 Å². The van der Waals surface area contributed by atoms with Gasteiger partial charge in [-0.05, 0) is 19.3 Å². The van der Waals surface area contributed by atoms with Crippen LogP contribution in [-0.2, 0) is 4.79 Å². The van der Waals surface area contributed by atoms with Gasteiger partial charge in [0.05, 0.1) is 5.92 Å². The largest absolute Gasteiger partial charge is 0.369 e. The van der Waals surface area contributed by atoms with Gasteiger partial charge in [0.1, 0.15) is 11.6 Å². The fourth-order valence-corrected chi connectivity index (χ4v) is 2.33. The van der Waals surface area contributed by atoms with Crippen molar-refractivity contribution in [3.05, 3.63) is 6.07 Å². The van der Waals surface area contributed by atoms with Gasteiger partial charge in [0.25, 0.3) is 0 Å². The first-order valence-electron chi connectivity index (χ1n) is 6.57. The maximum Gasteiger partial charge on any atom is 0.223 e. The SMILES string of the molecule is NC(=O)C1CCN(c2cc(NC3CC3)nc(N)n2)C1. The molecular weight excluding hydrogens is 244 g/mol. The molecular formula is C12H18N6O. The topological polar surface area (TPSA) is 110 Å². The van der Waals surface area contributed by atoms with E-state index in [9.17, 15) is 4.79 Å². The van der Waals surface area contributed by atoms with Gasteiger partial charge in [0.2, 0.25) is 11.9 Å². The van der Waals surface area contributed by atoms with E-state index in [0.717, 1.165) is 24.6 Å². The van der Waals surface area contributed by atoms with Gasteiger partial charge >= 0.3 is 0 Å². The van der Waals surface area contributed by atoms with E-state index in [1.807, 2.05) is 11.0 Å². The molecule has 7 heteroatoms. The summed E-state index contributed by atoms with van der Waals surface area (Å²) in [5.74, 6) is 1.42. The predicted octanol–water partition coefficient (Wildman–Crippen LogP) is -0.0553. The normalized spacial score (nSPS) is 22.5. The van der Waals surface area contributed by atoms with E-state index in [1.165, 1.54) is 12.8 Å². The van der Waals surface area contributed by atoms with Crippen LogP contribution in [0.2, 0.25) is 0 Å². The number of rotatable bonds is 4. The zero-order valence-corrected chi connectivity index (χ0v) is 10.7. The van der Waals surface area contributed by atoms with Crippen LogP contribution < -0.4 is 21.7 Å². The van der Waals surface area contributed by atoms with Crippen LogP contribution in [0, 0.1) is 5.92 Å². The molecule has 1 aromatic heterocycles. The van der Waals surface area contributed by atoms with Crippen molar-refractivity contribution in [3.63, 3.8) is 0 Å². The molecule has 1 saturated carbocycles. The van der Waals surface area contributed by atoms with Crippen molar-refractivity contribution in [1.29, 1.82) is 0 Å². The van der Waals surface area contributed by atoms with Crippen LogP contribution >= 0.6 is 0 Å². The third-order valence-corrected chi connectivity index (χ3v) is 3.57. The van der Waals surface area contributed by atoms with Crippen LogP contribution in [0.3, 0.4) is 0 Å². The Morgan fingerprint density at radius 2 is 2.16 bits per heavy atom. The smallest absolute Gasteiger partial charge is 0.223 e. The Labute approximate surface area is 111 Å². The van der Waals surface area contributed by atoms with Crippen molar-refractivity contribution in [2.75, 3.05) is 29.0 Å². The number of carbonyl (C=O) groups is 1. The highest BCUT2D eigenvalue weighted by molar-refractivity contribution is 5.78. The molecule has 19 heavy (non-hydrogen) atoms. The Morgan fingerprint density at radius 3 is 2.79 bits per heavy atom. The first kappa shape index (κ1) is 12.0. The Kier molecular flexibility index (Phi) is 2.88. The molecule has 2 heterocycles. The zero-order chi connectivity index (χ0) is 13.4. The molecule has 3 rings (SSSR count). The van der Waals surface area contributed by atoms with Gasteiger partial charge in [0, 0.05) is 25.2 Å². The van der Waals surface area contributed by atoms with E-state index in [-0.39, 0.29) is 17.8 Å². The minimum absolute atomic E-state index is 0.101. The zero-order valence-electron chi connectivity index (χ0n) is 10.7. The Bertz CT molecular complexity index is 501. The van der Waals surface area contributed by atoms with Crippen molar-refractivity contribution in [1.82, 2.24) is 9.97 Å². The number of amides is 1. The lowest BCUT2D eigenvalue weighted by Crippen LogP contribution is -2.28. The summed E-state index contributed by atoms with van der Waals surface area (Å²) in [7, 11) is 0. The van der Waals surface area contributed by atoms with Crippen molar-refractivity contribution < 1.29 is 4.79 Å². The van der Waals surface area contributed by atoms with Gasteiger partial charge in [-0.3, -0.25) is 4.79 Å². The molecule has 2 aliphatic rings. The summed E-state index contributed by atoms with van der Waals surface area (Å²) in [5, 5.41) is 3.31. The van der Waals surface area contributed by atoms with Crippen molar-refractivity contribution >= 4 is 23.5 Å². The number of carbonyl (C=O) groups excluding carboxylic acids is 1. The molecule has 1 amide bonds. The lowest BCUT2D eigenvalue weighted by molar-refractivity contribution is -0.121. The quantitative estimate of drug-likeness (QED) is 0.701. The number of primary amides is 1. The van der Waals surface area contributed by atoms with Crippen LogP contribution in [0.25, 0.3) is 0 Å². The van der Waals surface area contributed by atoms with Crippen LogP contribution in [0.15, 0.2) is 6.07 Å². The van der Waals surface area contributed by atoms with E-state index >= 15 is 0 Å². The van der Waals surface area contributed by atoms with Crippen LogP contribution in [-0.4, -0.2) is 35.0 Å². The lowest BCUT2D eigenvalue weighted by atomic mass is 10.1. The summed E-state index contributed by atoms with van der Waals surface area (Å²) in [6, 6.07) is 2.40. The van der Waals surface area contributed by atoms with E-state index in [4.69, 9.17) is 11.5 Å². The van der Waals surface area contributed by atoms with Crippen LogP contribution in [0.1, 0.15) is 19.3 Å². The maximum absolute atomic E-state index is 11.2. The minimum atomic E-state index is -0.249. The molecule has 1 atom stereocenters. The Balaban J connectivity index is 1.76. The molecule has 1 aromatic rings. The number of aromatic nitrogens is 2. The summed E-state index contributed by atoms with van der Waals surface area (Å²) >= 11 is 0. The van der Waals surface area contributed by atoms with Gasteiger partial charge in [-0.25, -0.2) is 0 Å². The van der Waals surface area contributed by atoms with E-state index in [1.54, 1.807) is 0 Å². The Hall–Kier alpha value is -2.05. The lowest BCUT2D eigenvalue weighted by Gasteiger charge is -2.18. The monoisotopic (exact) mass is 262 g/mol. The molecule has 1 aliphatic heterocycles. The highest BCUT2D eigenvalue weighted by atomic mass is 16.1. The molecule has 102 valence electrons. The first-order chi connectivity index (χ1) is 9.11. The third-order valence-electron chi connectivity index (χ3n) is 3.57. The molecule has 0 radical (unpaired) electrons. The molecule has 7 nitrogen and oxygen atoms in total. The van der Waals surface area contributed by atoms with Gasteiger partial charge in [-0.15, -0.1) is 0 Å². The van der Waals surface area contributed by atoms with Crippen molar-refractivity contribution in [3.8, 4) is 0 Å². The molecule has 1 unspecified atom stereocenters. The van der Waals surface area contributed by atoms with Crippen molar-refractivity contribution in [2.45, 2.75) is 25.3 Å². The minimum Gasteiger partial charge on any atom is -0.369 e. The van der Waals surface area contributed by atoms with E-state index in [0.29, 0.717) is 12.6 Å². The second-order valence-electron chi connectivity index (χ2n) is 5.22. The molecule has 2 fully saturated rings. The van der Waals surface area contributed by atoms with Gasteiger partial charge < -0.3 is 21.7 Å². The Morgan fingerprint density at radius 1 is 1.37 bits per heavy atom. The maximum atomic E-state index is 11.2. The first-order valence-corrected chi connectivity index (χ1v) is 6.57. The highest BCUT2D eigenvalue weighted by Crippen LogP contribution is 2.27. The summed E-state index contributed by atoms with van der Waals surface area (Å²) in [6.07, 6.45) is 3.12. The fourth-order valence-electron chi connectivity index (χ4n) is 2.33. The third kappa shape index (κ3) is 2.69. The molecule has 1 saturated heterocycles. The number of nitrogens with two attached hydrogens (primary N) is 2. The van der Waals surface area contributed by atoms with Crippen molar-refractivity contribution in [2.24, 2.45) is 11.7 Å². The summed E-state index contributed by atoms with van der Waals surface area (Å²) in [6.45, 7) is 1.38. The van der Waals surface area contributed by atoms with Gasteiger partial charge in [-0.2, -0.15) is 9.97 Å². The van der Waals surface area contributed by atoms with E-state index in [2.05, 4.69) is 15.3 Å². The summed E-state index contributed by atoms with van der Waals surface area (Å²) in [4.78, 5) is 21.6. The van der Waals surface area contributed by atoms with Crippen LogP contribution in [0.5, 0.6) is 0 Å². The standard InChI is InChI=1S/C12H18N6O/c13-11(19)7-3-4-18(6-7)10-5-9(15-8-1-2-8)16-12(14)17-10/h5,7-8H,1-4,6H2,(H2,13,19)(H3,14,15,16,17). The second kappa shape index (κ2) is 4.56. The van der Waals surface area contributed by atoms with Crippen LogP contribution in [0.4, 0.5) is 17.6 Å². The van der Waals surface area contributed by atoms with Gasteiger partial charge in [0.15, 0.2) is 0 Å². The fraction of sp³-hybridized carbons (Fsp3) is 0.583. The predicted molar refractivity (Wildman–Crippen MR) is 72.6 cm³/mol. The molecule has 1 aliphatic carbocycles. The number of hydrogen-bond acceptors (Lipinski definition) is 6. The second-order valence-corrected chi connectivity index (χ2v) is 5.22. The summed E-state index contributed by atoms with van der Waals surface area (Å²) in [5.41, 5.74) is 11.1. The molecule has 0 spiro atoms. The highest BCUT2D eigenvalue weighted by Gasteiger charge is 2.28. The molecule has 0 aromatic carbocycles. The number of nitrogens with zero attached hydrogens (tertiary/aromatic N) is 3. The molecule has 5 N–H and O–H groups in total. The van der Waals surface area contributed by atoms with E-state index < -0.39 is 0 Å². The number of nitrogens with one attached hydrogen (secondary N) is 1. The number of nitrogen functional groups attached to an aromatic ring is 1. The number of hydrogen-bond donors (Lipinski definition) is 3. The number of anilines is 3. The summed E-state index contributed by atoms with van der Waals surface area (Å²) < 4.78 is 0. The average Bonchev–Trinajstić information content (AvgIpc) is 3.02.